The first-order chi connectivity index (χ1) is 24.3. The Kier molecular flexibility index (Phi) is 7.34. The van der Waals surface area contributed by atoms with Crippen LogP contribution in [0, 0.1) is 0 Å². The van der Waals surface area contributed by atoms with Gasteiger partial charge in [0.1, 0.15) is 11.4 Å². The highest BCUT2D eigenvalue weighted by Crippen LogP contribution is 2.49. The van der Waals surface area contributed by atoms with Crippen LogP contribution < -0.4 is 0 Å². The van der Waals surface area contributed by atoms with E-state index in [1.807, 2.05) is 35.6 Å². The summed E-state index contributed by atoms with van der Waals surface area (Å²) in [7, 11) is 0. The molecule has 0 saturated carbocycles. The molecule has 2 heterocycles. The van der Waals surface area contributed by atoms with E-state index in [4.69, 9.17) is 5.10 Å². The van der Waals surface area contributed by atoms with Gasteiger partial charge in [-0.05, 0) is 56.3 Å². The number of hydrogen-bond acceptors (Lipinski definition) is 4. The molecule has 0 aliphatic rings. The van der Waals surface area contributed by atoms with Gasteiger partial charge in [-0.15, -0.1) is 21.5 Å². The summed E-state index contributed by atoms with van der Waals surface area (Å²) >= 11 is 1.85. The molecule has 49 heavy (non-hydrogen) atoms. The third-order valence-corrected chi connectivity index (χ3v) is 10.3. The molecule has 9 rings (SSSR count). The molecule has 0 bridgehead atoms. The molecular weight excluding hydrogens is 615 g/mol. The topological polar surface area (TPSA) is 38.7 Å². The Morgan fingerprint density at radius 1 is 0.327 bits per heavy atom. The molecule has 4 heteroatoms. The summed E-state index contributed by atoms with van der Waals surface area (Å²) in [5.41, 5.74) is 12.7. The van der Waals surface area contributed by atoms with Gasteiger partial charge in [-0.25, -0.2) is 0 Å². The number of fused-ring (bicyclic) bond motifs is 3. The molecule has 0 fully saturated rings. The molecule has 0 saturated heterocycles. The van der Waals surface area contributed by atoms with Crippen LogP contribution in [0.5, 0.6) is 0 Å². The first-order valence-electron chi connectivity index (χ1n) is 16.4. The van der Waals surface area contributed by atoms with Gasteiger partial charge in [-0.3, -0.25) is 0 Å². The highest BCUT2D eigenvalue weighted by Gasteiger charge is 2.24. The highest BCUT2D eigenvalue weighted by atomic mass is 32.1. The minimum atomic E-state index is 0.799. The van der Waals surface area contributed by atoms with E-state index in [1.54, 1.807) is 0 Å². The van der Waals surface area contributed by atoms with Crippen molar-refractivity contribution in [1.82, 2.24) is 15.4 Å². The first kappa shape index (κ1) is 29.0. The Morgan fingerprint density at radius 3 is 1.61 bits per heavy atom. The van der Waals surface area contributed by atoms with Crippen molar-refractivity contribution in [2.45, 2.75) is 0 Å². The van der Waals surface area contributed by atoms with E-state index >= 15 is 0 Å². The monoisotopic (exact) mass is 643 g/mol. The maximum Gasteiger partial charge on any atom is 0.105 e. The number of aromatic nitrogens is 3. The average molecular weight is 644 g/mol. The van der Waals surface area contributed by atoms with E-state index < -0.39 is 0 Å². The van der Waals surface area contributed by atoms with Crippen molar-refractivity contribution in [3.63, 3.8) is 0 Å². The van der Waals surface area contributed by atoms with Crippen LogP contribution in [0.1, 0.15) is 0 Å². The minimum absolute atomic E-state index is 0.799. The van der Waals surface area contributed by atoms with Crippen LogP contribution in [0.4, 0.5) is 0 Å². The number of rotatable bonds is 6. The molecule has 0 unspecified atom stereocenters. The molecule has 0 radical (unpaired) electrons. The number of thiophene rings is 1. The van der Waals surface area contributed by atoms with Crippen molar-refractivity contribution in [2.75, 3.05) is 0 Å². The standard InChI is InChI=1S/C45H29N3S/c1-4-16-30(17-5-1)33-22-10-12-24-35(33)42-36(28-29-40-43(42)38-26-14-15-27-39(38)49-40)34-23-11-13-25-37(34)45-41(31-18-6-2-7-19-31)44(46-48-47-45)32-20-8-3-9-21-32/h1-29H. The average Bonchev–Trinajstić information content (AvgIpc) is 3.57. The minimum Gasteiger partial charge on any atom is -0.135 e. The lowest BCUT2D eigenvalue weighted by Gasteiger charge is -2.20. The molecule has 0 aliphatic heterocycles. The summed E-state index contributed by atoms with van der Waals surface area (Å²) in [6.45, 7) is 0. The summed E-state index contributed by atoms with van der Waals surface area (Å²) in [5.74, 6) is 0. The van der Waals surface area contributed by atoms with Gasteiger partial charge >= 0.3 is 0 Å². The van der Waals surface area contributed by atoms with Crippen molar-refractivity contribution in [3.8, 4) is 67.0 Å². The second-order valence-corrected chi connectivity index (χ2v) is 13.1. The largest absolute Gasteiger partial charge is 0.135 e. The molecule has 0 amide bonds. The second kappa shape index (κ2) is 12.4. The van der Waals surface area contributed by atoms with Crippen LogP contribution in [-0.4, -0.2) is 15.4 Å². The van der Waals surface area contributed by atoms with E-state index in [1.165, 1.54) is 42.4 Å². The summed E-state index contributed by atoms with van der Waals surface area (Å²) in [6.07, 6.45) is 0. The van der Waals surface area contributed by atoms with Crippen molar-refractivity contribution in [2.24, 2.45) is 0 Å². The zero-order valence-corrected chi connectivity index (χ0v) is 27.3. The molecule has 9 aromatic rings. The summed E-state index contributed by atoms with van der Waals surface area (Å²) in [4.78, 5) is 0. The Morgan fingerprint density at radius 2 is 0.878 bits per heavy atom. The molecule has 230 valence electrons. The molecule has 0 aliphatic carbocycles. The number of hydrogen-bond donors (Lipinski definition) is 0. The van der Waals surface area contributed by atoms with E-state index in [-0.39, 0.29) is 0 Å². The fraction of sp³-hybridized carbons (Fsp3) is 0. The second-order valence-electron chi connectivity index (χ2n) is 12.0. The zero-order chi connectivity index (χ0) is 32.6. The molecule has 2 aromatic heterocycles. The number of benzene rings is 7. The summed E-state index contributed by atoms with van der Waals surface area (Å²) < 4.78 is 2.54. The van der Waals surface area contributed by atoms with Gasteiger partial charge in [0.2, 0.25) is 0 Å². The van der Waals surface area contributed by atoms with Crippen LogP contribution in [0.15, 0.2) is 176 Å². The Bertz CT molecular complexity index is 2590. The van der Waals surface area contributed by atoms with E-state index in [2.05, 4.69) is 162 Å². The van der Waals surface area contributed by atoms with Crippen LogP contribution in [0.25, 0.3) is 87.2 Å². The quantitative estimate of drug-likeness (QED) is 0.181. The van der Waals surface area contributed by atoms with Crippen molar-refractivity contribution >= 4 is 31.5 Å². The first-order valence-corrected chi connectivity index (χ1v) is 17.2. The Labute approximate surface area is 288 Å². The van der Waals surface area contributed by atoms with Gasteiger partial charge < -0.3 is 0 Å². The highest BCUT2D eigenvalue weighted by molar-refractivity contribution is 7.26. The van der Waals surface area contributed by atoms with E-state index in [0.29, 0.717) is 0 Å². The lowest BCUT2D eigenvalue weighted by Crippen LogP contribution is -2.01. The lowest BCUT2D eigenvalue weighted by atomic mass is 9.84. The number of nitrogens with zero attached hydrogens (tertiary/aromatic N) is 3. The SMILES string of the molecule is c1ccc(-c2ccccc2-c2c(-c3ccccc3-c3nnnc(-c4ccccc4)c3-c3ccccc3)ccc3sc4ccccc4c23)cc1. The predicted octanol–water partition coefficient (Wildman–Crippen LogP) is 12.2. The third-order valence-electron chi connectivity index (χ3n) is 9.17. The maximum absolute atomic E-state index is 4.81. The zero-order valence-electron chi connectivity index (χ0n) is 26.5. The Balaban J connectivity index is 1.38. The summed E-state index contributed by atoms with van der Waals surface area (Å²) in [6, 6.07) is 62.1. The fourth-order valence-corrected chi connectivity index (χ4v) is 8.12. The van der Waals surface area contributed by atoms with Gasteiger partial charge in [0.15, 0.2) is 0 Å². The maximum atomic E-state index is 4.81. The van der Waals surface area contributed by atoms with Crippen LogP contribution in [0.2, 0.25) is 0 Å². The van der Waals surface area contributed by atoms with Gasteiger partial charge in [0, 0.05) is 36.9 Å². The molecule has 0 N–H and O–H groups in total. The fourth-order valence-electron chi connectivity index (χ4n) is 7.00. The van der Waals surface area contributed by atoms with Gasteiger partial charge in [0.25, 0.3) is 0 Å². The molecule has 3 nitrogen and oxygen atoms in total. The van der Waals surface area contributed by atoms with Gasteiger partial charge in [0.05, 0.1) is 0 Å². The molecule has 7 aromatic carbocycles. The third kappa shape index (κ3) is 5.10. The lowest BCUT2D eigenvalue weighted by molar-refractivity contribution is 0.879. The predicted molar refractivity (Wildman–Crippen MR) is 205 cm³/mol. The van der Waals surface area contributed by atoms with Crippen molar-refractivity contribution in [1.29, 1.82) is 0 Å². The molecule has 0 spiro atoms. The smallest absolute Gasteiger partial charge is 0.105 e. The van der Waals surface area contributed by atoms with Gasteiger partial charge in [-0.2, -0.15) is 0 Å². The van der Waals surface area contributed by atoms with Crippen molar-refractivity contribution < 1.29 is 0 Å². The molecular formula is C45H29N3S. The van der Waals surface area contributed by atoms with E-state index in [9.17, 15) is 0 Å². The van der Waals surface area contributed by atoms with Crippen molar-refractivity contribution in [3.05, 3.63) is 176 Å². The Hall–Kier alpha value is -6.23. The van der Waals surface area contributed by atoms with Crippen LogP contribution >= 0.6 is 11.3 Å². The normalized spacial score (nSPS) is 11.3. The van der Waals surface area contributed by atoms with Gasteiger partial charge in [-0.1, -0.05) is 164 Å². The summed E-state index contributed by atoms with van der Waals surface area (Å²) in [5, 5.41) is 16.4. The van der Waals surface area contributed by atoms with Crippen LogP contribution in [-0.2, 0) is 0 Å². The molecule has 0 atom stereocenters. The van der Waals surface area contributed by atoms with E-state index in [0.717, 1.165) is 44.8 Å². The van der Waals surface area contributed by atoms with Crippen LogP contribution in [0.3, 0.4) is 0 Å².